The van der Waals surface area contributed by atoms with Crippen LogP contribution >= 0.6 is 0 Å². The lowest BCUT2D eigenvalue weighted by atomic mass is 10.1. The minimum atomic E-state index is 0.0444. The van der Waals surface area contributed by atoms with Crippen LogP contribution in [0.15, 0.2) is 18.2 Å². The molecule has 0 radical (unpaired) electrons. The molecule has 0 aliphatic heterocycles. The maximum absolute atomic E-state index is 12.2. The molecule has 2 N–H and O–H groups in total. The van der Waals surface area contributed by atoms with Crippen LogP contribution in [0.4, 0.5) is 5.69 Å². The fraction of sp³-hybridized carbons (Fsp3) is 0.533. The van der Waals surface area contributed by atoms with E-state index in [-0.39, 0.29) is 5.91 Å². The SMILES string of the molecule is CCCC1CC1NC(=O)c1ccc(C)cc1NC. The van der Waals surface area contributed by atoms with Gasteiger partial charge in [-0.1, -0.05) is 19.4 Å². The molecule has 0 heterocycles. The average Bonchev–Trinajstić information content (AvgIpc) is 3.07. The van der Waals surface area contributed by atoms with E-state index in [1.54, 1.807) is 0 Å². The van der Waals surface area contributed by atoms with Crippen molar-refractivity contribution in [3.63, 3.8) is 0 Å². The largest absolute Gasteiger partial charge is 0.387 e. The van der Waals surface area contributed by atoms with E-state index >= 15 is 0 Å². The molecule has 2 atom stereocenters. The molecular weight excluding hydrogens is 224 g/mol. The number of rotatable bonds is 5. The van der Waals surface area contributed by atoms with Crippen molar-refractivity contribution in [1.82, 2.24) is 5.32 Å². The molecule has 0 spiro atoms. The molecule has 0 saturated heterocycles. The summed E-state index contributed by atoms with van der Waals surface area (Å²) in [6.45, 7) is 4.22. The van der Waals surface area contributed by atoms with E-state index in [0.717, 1.165) is 23.2 Å². The van der Waals surface area contributed by atoms with E-state index in [1.807, 2.05) is 32.2 Å². The normalized spacial score (nSPS) is 21.5. The number of hydrogen-bond acceptors (Lipinski definition) is 2. The monoisotopic (exact) mass is 246 g/mol. The van der Waals surface area contributed by atoms with Gasteiger partial charge in [0, 0.05) is 18.8 Å². The third-order valence-electron chi connectivity index (χ3n) is 3.59. The highest BCUT2D eigenvalue weighted by atomic mass is 16.1. The number of benzene rings is 1. The Hall–Kier alpha value is -1.51. The molecule has 1 aliphatic rings. The van der Waals surface area contributed by atoms with E-state index in [1.165, 1.54) is 12.8 Å². The molecule has 3 heteroatoms. The summed E-state index contributed by atoms with van der Waals surface area (Å²) >= 11 is 0. The Kier molecular flexibility index (Phi) is 3.90. The first kappa shape index (κ1) is 12.9. The molecule has 18 heavy (non-hydrogen) atoms. The molecule has 1 aromatic carbocycles. The lowest BCUT2D eigenvalue weighted by molar-refractivity contribution is 0.0949. The van der Waals surface area contributed by atoms with Crippen LogP contribution in [0.2, 0.25) is 0 Å². The molecule has 1 fully saturated rings. The topological polar surface area (TPSA) is 41.1 Å². The van der Waals surface area contributed by atoms with Crippen molar-refractivity contribution in [3.05, 3.63) is 29.3 Å². The Morgan fingerprint density at radius 1 is 1.44 bits per heavy atom. The second kappa shape index (κ2) is 5.42. The van der Waals surface area contributed by atoms with Gasteiger partial charge in [-0.05, 0) is 43.4 Å². The zero-order chi connectivity index (χ0) is 13.1. The number of aryl methyl sites for hydroxylation is 1. The van der Waals surface area contributed by atoms with Crippen LogP contribution in [0.1, 0.15) is 42.1 Å². The van der Waals surface area contributed by atoms with Crippen LogP contribution in [0.25, 0.3) is 0 Å². The van der Waals surface area contributed by atoms with Gasteiger partial charge in [-0.3, -0.25) is 4.79 Å². The molecule has 3 nitrogen and oxygen atoms in total. The molecule has 98 valence electrons. The third kappa shape index (κ3) is 2.84. The van der Waals surface area contributed by atoms with Gasteiger partial charge in [0.2, 0.25) is 0 Å². The Bertz CT molecular complexity index is 442. The van der Waals surface area contributed by atoms with Gasteiger partial charge in [-0.25, -0.2) is 0 Å². The van der Waals surface area contributed by atoms with Crippen molar-refractivity contribution < 1.29 is 4.79 Å². The minimum absolute atomic E-state index is 0.0444. The number of hydrogen-bond donors (Lipinski definition) is 2. The first-order valence-electron chi connectivity index (χ1n) is 6.75. The van der Waals surface area contributed by atoms with Crippen LogP contribution in [-0.4, -0.2) is 19.0 Å². The molecule has 0 aromatic heterocycles. The van der Waals surface area contributed by atoms with Crippen LogP contribution in [0.3, 0.4) is 0 Å². The summed E-state index contributed by atoms with van der Waals surface area (Å²) in [7, 11) is 1.85. The minimum Gasteiger partial charge on any atom is -0.387 e. The van der Waals surface area contributed by atoms with Crippen LogP contribution in [0.5, 0.6) is 0 Å². The number of amides is 1. The zero-order valence-electron chi connectivity index (χ0n) is 11.4. The summed E-state index contributed by atoms with van der Waals surface area (Å²) in [4.78, 5) is 12.2. The average molecular weight is 246 g/mol. The Morgan fingerprint density at radius 3 is 2.89 bits per heavy atom. The standard InChI is InChI=1S/C15H22N2O/c1-4-5-11-9-13(11)17-15(18)12-7-6-10(2)8-14(12)16-3/h6-8,11,13,16H,4-5,9H2,1-3H3,(H,17,18). The van der Waals surface area contributed by atoms with Gasteiger partial charge in [-0.2, -0.15) is 0 Å². The summed E-state index contributed by atoms with van der Waals surface area (Å²) in [5, 5.41) is 6.21. The molecule has 1 aliphatic carbocycles. The number of carbonyl (C=O) groups is 1. The van der Waals surface area contributed by atoms with Crippen molar-refractivity contribution in [1.29, 1.82) is 0 Å². The predicted octanol–water partition coefficient (Wildman–Crippen LogP) is 2.96. The van der Waals surface area contributed by atoms with Crippen LogP contribution in [-0.2, 0) is 0 Å². The van der Waals surface area contributed by atoms with Crippen LogP contribution < -0.4 is 10.6 Å². The van der Waals surface area contributed by atoms with Crippen LogP contribution in [0, 0.1) is 12.8 Å². The van der Waals surface area contributed by atoms with Gasteiger partial charge in [0.05, 0.1) is 5.56 Å². The van der Waals surface area contributed by atoms with Crippen molar-refractivity contribution in [2.24, 2.45) is 5.92 Å². The van der Waals surface area contributed by atoms with E-state index in [4.69, 9.17) is 0 Å². The van der Waals surface area contributed by atoms with Gasteiger partial charge in [0.1, 0.15) is 0 Å². The fourth-order valence-corrected chi connectivity index (χ4v) is 2.42. The molecule has 1 aromatic rings. The lowest BCUT2D eigenvalue weighted by Crippen LogP contribution is -2.27. The lowest BCUT2D eigenvalue weighted by Gasteiger charge is -2.10. The highest BCUT2D eigenvalue weighted by molar-refractivity contribution is 6.00. The highest BCUT2D eigenvalue weighted by Crippen LogP contribution is 2.35. The first-order chi connectivity index (χ1) is 8.65. The van der Waals surface area contributed by atoms with E-state index in [9.17, 15) is 4.79 Å². The molecule has 2 unspecified atom stereocenters. The molecule has 2 rings (SSSR count). The van der Waals surface area contributed by atoms with Crippen molar-refractivity contribution in [2.75, 3.05) is 12.4 Å². The maximum atomic E-state index is 12.2. The third-order valence-corrected chi connectivity index (χ3v) is 3.59. The quantitative estimate of drug-likeness (QED) is 0.838. The van der Waals surface area contributed by atoms with Gasteiger partial charge in [0.25, 0.3) is 5.91 Å². The molecular formula is C15H22N2O. The van der Waals surface area contributed by atoms with Crippen molar-refractivity contribution in [3.8, 4) is 0 Å². The van der Waals surface area contributed by atoms with E-state index in [0.29, 0.717) is 12.0 Å². The molecule has 1 amide bonds. The first-order valence-corrected chi connectivity index (χ1v) is 6.75. The Morgan fingerprint density at radius 2 is 2.22 bits per heavy atom. The second-order valence-electron chi connectivity index (χ2n) is 5.16. The summed E-state index contributed by atoms with van der Waals surface area (Å²) < 4.78 is 0. The van der Waals surface area contributed by atoms with E-state index in [2.05, 4.69) is 17.6 Å². The predicted molar refractivity (Wildman–Crippen MR) is 75.0 cm³/mol. The summed E-state index contributed by atoms with van der Waals surface area (Å²) in [6, 6.07) is 6.27. The van der Waals surface area contributed by atoms with Crippen molar-refractivity contribution in [2.45, 2.75) is 39.2 Å². The number of carbonyl (C=O) groups excluding carboxylic acids is 1. The Labute approximate surface area is 109 Å². The smallest absolute Gasteiger partial charge is 0.253 e. The Balaban J connectivity index is 2.01. The van der Waals surface area contributed by atoms with Crippen molar-refractivity contribution >= 4 is 11.6 Å². The van der Waals surface area contributed by atoms with Gasteiger partial charge >= 0.3 is 0 Å². The fourth-order valence-electron chi connectivity index (χ4n) is 2.42. The van der Waals surface area contributed by atoms with Gasteiger partial charge < -0.3 is 10.6 Å². The van der Waals surface area contributed by atoms with Gasteiger partial charge in [-0.15, -0.1) is 0 Å². The summed E-state index contributed by atoms with van der Waals surface area (Å²) in [5.41, 5.74) is 2.80. The second-order valence-corrected chi connectivity index (χ2v) is 5.16. The highest BCUT2D eigenvalue weighted by Gasteiger charge is 2.37. The maximum Gasteiger partial charge on any atom is 0.253 e. The molecule has 0 bridgehead atoms. The summed E-state index contributed by atoms with van der Waals surface area (Å²) in [5.74, 6) is 0.741. The van der Waals surface area contributed by atoms with Gasteiger partial charge in [0.15, 0.2) is 0 Å². The molecule has 1 saturated carbocycles. The number of anilines is 1. The summed E-state index contributed by atoms with van der Waals surface area (Å²) in [6.07, 6.45) is 3.56. The zero-order valence-corrected chi connectivity index (χ0v) is 11.4. The van der Waals surface area contributed by atoms with E-state index < -0.39 is 0 Å². The number of nitrogens with one attached hydrogen (secondary N) is 2.